The van der Waals surface area contributed by atoms with Crippen molar-refractivity contribution in [3.05, 3.63) is 94.0 Å². The van der Waals surface area contributed by atoms with Gasteiger partial charge in [-0.25, -0.2) is 4.98 Å². The van der Waals surface area contributed by atoms with E-state index in [4.69, 9.17) is 14.5 Å². The minimum Gasteiger partial charge on any atom is -0.497 e. The molecule has 0 fully saturated rings. The topological polar surface area (TPSA) is 90.7 Å². The van der Waals surface area contributed by atoms with Crippen LogP contribution in [0.3, 0.4) is 0 Å². The molecule has 0 bridgehead atoms. The van der Waals surface area contributed by atoms with Gasteiger partial charge in [0.05, 0.1) is 41.9 Å². The first-order valence-electron chi connectivity index (χ1n) is 10.7. The largest absolute Gasteiger partial charge is 0.497 e. The molecule has 0 aliphatic carbocycles. The number of carbonyl (C=O) groups is 2. The summed E-state index contributed by atoms with van der Waals surface area (Å²) in [5, 5.41) is 0.479. The first kappa shape index (κ1) is 21.4. The molecule has 0 unspecified atom stereocenters. The van der Waals surface area contributed by atoms with Crippen LogP contribution in [-0.4, -0.2) is 47.0 Å². The monoisotopic (exact) mass is 455 g/mol. The minimum absolute atomic E-state index is 0.0659. The molecule has 0 atom stereocenters. The van der Waals surface area contributed by atoms with Gasteiger partial charge in [0.2, 0.25) is 0 Å². The number of amides is 2. The molecule has 0 spiro atoms. The van der Waals surface area contributed by atoms with Crippen LogP contribution in [0.5, 0.6) is 11.5 Å². The van der Waals surface area contributed by atoms with Gasteiger partial charge >= 0.3 is 0 Å². The SMILES string of the molecule is COc1ccc(-n2c(CCN3C(=O)c4cccc(OC)c4C3=O)nc3ccccc3c2=O)cc1. The summed E-state index contributed by atoms with van der Waals surface area (Å²) < 4.78 is 12.0. The Morgan fingerprint density at radius 3 is 2.32 bits per heavy atom. The van der Waals surface area contributed by atoms with Crippen molar-refractivity contribution in [2.75, 3.05) is 20.8 Å². The molecular weight excluding hydrogens is 434 g/mol. The highest BCUT2D eigenvalue weighted by atomic mass is 16.5. The van der Waals surface area contributed by atoms with Crippen molar-refractivity contribution >= 4 is 22.7 Å². The number of fused-ring (bicyclic) bond motifs is 2. The first-order valence-corrected chi connectivity index (χ1v) is 10.7. The maximum Gasteiger partial charge on any atom is 0.265 e. The average Bonchev–Trinajstić information content (AvgIpc) is 3.12. The number of aromatic nitrogens is 2. The summed E-state index contributed by atoms with van der Waals surface area (Å²) in [6, 6.07) is 19.1. The lowest BCUT2D eigenvalue weighted by molar-refractivity contribution is 0.0654. The van der Waals surface area contributed by atoms with Crippen LogP contribution < -0.4 is 15.0 Å². The molecule has 0 N–H and O–H groups in total. The predicted octanol–water partition coefficient (Wildman–Crippen LogP) is 3.24. The smallest absolute Gasteiger partial charge is 0.265 e. The van der Waals surface area contributed by atoms with E-state index in [0.717, 1.165) is 0 Å². The maximum absolute atomic E-state index is 13.4. The molecule has 1 aliphatic rings. The van der Waals surface area contributed by atoms with Crippen LogP contribution in [0.4, 0.5) is 0 Å². The zero-order valence-electron chi connectivity index (χ0n) is 18.6. The quantitative estimate of drug-likeness (QED) is 0.415. The van der Waals surface area contributed by atoms with Crippen molar-refractivity contribution in [2.24, 2.45) is 0 Å². The van der Waals surface area contributed by atoms with Crippen molar-refractivity contribution < 1.29 is 19.1 Å². The second-order valence-electron chi connectivity index (χ2n) is 7.78. The maximum atomic E-state index is 13.4. The highest BCUT2D eigenvalue weighted by molar-refractivity contribution is 6.22. The van der Waals surface area contributed by atoms with Crippen LogP contribution in [0, 0.1) is 0 Å². The summed E-state index contributed by atoms with van der Waals surface area (Å²) >= 11 is 0. The number of hydrogen-bond acceptors (Lipinski definition) is 6. The fraction of sp³-hybridized carbons (Fsp3) is 0.154. The Bertz CT molecular complexity index is 1490. The van der Waals surface area contributed by atoms with Gasteiger partial charge in [0, 0.05) is 13.0 Å². The van der Waals surface area contributed by atoms with Crippen molar-refractivity contribution in [2.45, 2.75) is 6.42 Å². The number of para-hydroxylation sites is 1. The first-order chi connectivity index (χ1) is 16.5. The van der Waals surface area contributed by atoms with Crippen molar-refractivity contribution in [1.82, 2.24) is 14.5 Å². The Labute approximate surface area is 195 Å². The lowest BCUT2D eigenvalue weighted by Gasteiger charge is -2.17. The molecule has 8 heteroatoms. The molecule has 0 saturated heterocycles. The number of ether oxygens (including phenoxy) is 2. The second kappa shape index (κ2) is 8.47. The molecular formula is C26H21N3O5. The number of hydrogen-bond donors (Lipinski definition) is 0. The molecule has 2 heterocycles. The van der Waals surface area contributed by atoms with Crippen LogP contribution in [0.1, 0.15) is 26.5 Å². The molecule has 8 nitrogen and oxygen atoms in total. The summed E-state index contributed by atoms with van der Waals surface area (Å²) in [5.74, 6) is 0.649. The van der Waals surface area contributed by atoms with E-state index in [2.05, 4.69) is 0 Å². The molecule has 4 aromatic rings. The summed E-state index contributed by atoms with van der Waals surface area (Å²) in [5.41, 5.74) is 1.51. The van der Waals surface area contributed by atoms with Crippen molar-refractivity contribution in [3.8, 4) is 17.2 Å². The average molecular weight is 455 g/mol. The summed E-state index contributed by atoms with van der Waals surface area (Å²) in [7, 11) is 3.03. The second-order valence-corrected chi connectivity index (χ2v) is 7.78. The number of rotatable bonds is 6. The number of nitrogens with zero attached hydrogens (tertiary/aromatic N) is 3. The number of imide groups is 1. The van der Waals surface area contributed by atoms with Crippen molar-refractivity contribution in [3.63, 3.8) is 0 Å². The number of benzene rings is 3. The zero-order chi connectivity index (χ0) is 23.8. The highest BCUT2D eigenvalue weighted by Gasteiger charge is 2.37. The van der Waals surface area contributed by atoms with E-state index in [1.807, 2.05) is 6.07 Å². The van der Waals surface area contributed by atoms with Gasteiger partial charge in [0.15, 0.2) is 0 Å². The normalized spacial score (nSPS) is 12.8. The Morgan fingerprint density at radius 2 is 1.59 bits per heavy atom. The molecule has 0 radical (unpaired) electrons. The Balaban J connectivity index is 1.54. The number of methoxy groups -OCH3 is 2. The van der Waals surface area contributed by atoms with E-state index in [-0.39, 0.29) is 24.1 Å². The third kappa shape index (κ3) is 3.40. The van der Waals surface area contributed by atoms with Gasteiger partial charge in [-0.1, -0.05) is 18.2 Å². The van der Waals surface area contributed by atoms with Gasteiger partial charge in [-0.05, 0) is 48.5 Å². The molecule has 170 valence electrons. The molecule has 1 aliphatic heterocycles. The Morgan fingerprint density at radius 1 is 0.824 bits per heavy atom. The summed E-state index contributed by atoms with van der Waals surface area (Å²) in [6.45, 7) is 0.0659. The van der Waals surface area contributed by atoms with Crippen LogP contribution >= 0.6 is 0 Å². The molecule has 5 rings (SSSR count). The third-order valence-corrected chi connectivity index (χ3v) is 5.92. The van der Waals surface area contributed by atoms with Crippen LogP contribution in [0.15, 0.2) is 71.5 Å². The van der Waals surface area contributed by atoms with Gasteiger partial charge in [0.1, 0.15) is 17.3 Å². The van der Waals surface area contributed by atoms with Crippen molar-refractivity contribution in [1.29, 1.82) is 0 Å². The van der Waals surface area contributed by atoms with Gasteiger partial charge in [0.25, 0.3) is 17.4 Å². The van der Waals surface area contributed by atoms with Gasteiger partial charge in [-0.2, -0.15) is 0 Å². The lowest BCUT2D eigenvalue weighted by atomic mass is 10.1. The summed E-state index contributed by atoms with van der Waals surface area (Å²) in [4.78, 5) is 45.3. The number of carbonyl (C=O) groups excluding carboxylic acids is 2. The fourth-order valence-corrected chi connectivity index (χ4v) is 4.23. The Hall–Kier alpha value is -4.46. The third-order valence-electron chi connectivity index (χ3n) is 5.92. The van der Waals surface area contributed by atoms with E-state index >= 15 is 0 Å². The minimum atomic E-state index is -0.420. The molecule has 2 amide bonds. The fourth-order valence-electron chi connectivity index (χ4n) is 4.23. The van der Waals surface area contributed by atoms with Gasteiger partial charge < -0.3 is 9.47 Å². The van der Waals surface area contributed by atoms with E-state index < -0.39 is 11.8 Å². The predicted molar refractivity (Wildman–Crippen MR) is 126 cm³/mol. The zero-order valence-corrected chi connectivity index (χ0v) is 18.6. The van der Waals surface area contributed by atoms with Crippen LogP contribution in [-0.2, 0) is 6.42 Å². The van der Waals surface area contributed by atoms with E-state index in [0.29, 0.717) is 39.5 Å². The lowest BCUT2D eigenvalue weighted by Crippen LogP contribution is -2.33. The van der Waals surface area contributed by atoms with Crippen LogP contribution in [0.25, 0.3) is 16.6 Å². The van der Waals surface area contributed by atoms with E-state index in [1.165, 1.54) is 16.6 Å². The molecule has 3 aromatic carbocycles. The van der Waals surface area contributed by atoms with Crippen LogP contribution in [0.2, 0.25) is 0 Å². The van der Waals surface area contributed by atoms with E-state index in [1.54, 1.807) is 67.8 Å². The molecule has 0 saturated carbocycles. The summed E-state index contributed by atoms with van der Waals surface area (Å²) in [6.07, 6.45) is 0.194. The molecule has 34 heavy (non-hydrogen) atoms. The van der Waals surface area contributed by atoms with Gasteiger partial charge in [-0.3, -0.25) is 23.9 Å². The van der Waals surface area contributed by atoms with E-state index in [9.17, 15) is 14.4 Å². The Kier molecular flexibility index (Phi) is 5.33. The molecule has 1 aromatic heterocycles. The van der Waals surface area contributed by atoms with Gasteiger partial charge in [-0.15, -0.1) is 0 Å². The standard InChI is InChI=1S/C26H21N3O5/c1-33-17-12-10-16(11-13-17)29-22(27-20-8-4-3-6-18(20)25(29)31)14-15-28-24(30)19-7-5-9-21(34-2)23(19)26(28)32/h3-13H,14-15H2,1-2H3. The highest BCUT2D eigenvalue weighted by Crippen LogP contribution is 2.31.